The third-order valence-corrected chi connectivity index (χ3v) is 5.30. The highest BCUT2D eigenvalue weighted by molar-refractivity contribution is 6.31. The van der Waals surface area contributed by atoms with Gasteiger partial charge in [0.05, 0.1) is 20.8 Å². The van der Waals surface area contributed by atoms with Crippen LogP contribution in [-0.4, -0.2) is 33.2 Å². The largest absolute Gasteiger partial charge is 0.494 e. The molecule has 0 spiro atoms. The van der Waals surface area contributed by atoms with Gasteiger partial charge in [-0.3, -0.25) is 4.79 Å². The number of ether oxygens (including phenoxy) is 3. The molecule has 29 heavy (non-hydrogen) atoms. The lowest BCUT2D eigenvalue weighted by Crippen LogP contribution is -2.23. The number of carbonyl (C=O) groups excluding carboxylic acids is 1. The number of aryl methyl sites for hydroxylation is 1. The maximum absolute atomic E-state index is 12.5. The number of halogens is 1. The van der Waals surface area contributed by atoms with Crippen LogP contribution in [0.1, 0.15) is 29.5 Å². The molecule has 0 unspecified atom stereocenters. The summed E-state index contributed by atoms with van der Waals surface area (Å²) in [6, 6.07) is 9.46. The Labute approximate surface area is 176 Å². The number of carbonyl (C=O) groups is 1. The van der Waals surface area contributed by atoms with Crippen molar-refractivity contribution < 1.29 is 19.0 Å². The van der Waals surface area contributed by atoms with Gasteiger partial charge in [-0.15, -0.1) is 0 Å². The first kappa shape index (κ1) is 21.1. The zero-order chi connectivity index (χ0) is 20.8. The van der Waals surface area contributed by atoms with E-state index >= 15 is 0 Å². The second-order valence-corrected chi connectivity index (χ2v) is 7.34. The summed E-state index contributed by atoms with van der Waals surface area (Å²) in [5.74, 6) is 2.18. The van der Waals surface area contributed by atoms with Gasteiger partial charge in [0.15, 0.2) is 17.3 Å². The summed E-state index contributed by atoms with van der Waals surface area (Å²) in [6.45, 7) is 3.19. The molecule has 2 aromatic carbocycles. The molecule has 1 aliphatic rings. The molecule has 1 aliphatic heterocycles. The Morgan fingerprint density at radius 2 is 1.93 bits per heavy atom. The van der Waals surface area contributed by atoms with Gasteiger partial charge in [-0.25, -0.2) is 0 Å². The van der Waals surface area contributed by atoms with Crippen LogP contribution < -0.4 is 19.5 Å². The van der Waals surface area contributed by atoms with Gasteiger partial charge in [0, 0.05) is 35.3 Å². The standard InChI is InChI=1S/C23H26ClNO4/c1-15-11-18(6-7-20(15)24)29-10-4-5-17(26)13-21-19-14-23(28-3)22(27-2)12-16(19)8-9-25-21/h6-7,11-14,25H,4-5,8-10H2,1-3H3/b21-13-. The van der Waals surface area contributed by atoms with Crippen LogP contribution in [0.25, 0.3) is 5.70 Å². The van der Waals surface area contributed by atoms with Crippen LogP contribution in [0.5, 0.6) is 17.2 Å². The highest BCUT2D eigenvalue weighted by Gasteiger charge is 2.18. The van der Waals surface area contributed by atoms with Crippen LogP contribution in [0.15, 0.2) is 36.4 Å². The molecule has 5 nitrogen and oxygen atoms in total. The first-order valence-electron chi connectivity index (χ1n) is 9.64. The topological polar surface area (TPSA) is 56.8 Å². The van der Waals surface area contributed by atoms with Crippen LogP contribution in [-0.2, 0) is 11.2 Å². The highest BCUT2D eigenvalue weighted by atomic mass is 35.5. The van der Waals surface area contributed by atoms with Crippen LogP contribution in [0.2, 0.25) is 5.02 Å². The molecule has 3 rings (SSSR count). The van der Waals surface area contributed by atoms with Gasteiger partial charge in [0.25, 0.3) is 0 Å². The number of fused-ring (bicyclic) bond motifs is 1. The predicted octanol–water partition coefficient (Wildman–Crippen LogP) is 4.58. The number of ketones is 1. The predicted molar refractivity (Wildman–Crippen MR) is 115 cm³/mol. The lowest BCUT2D eigenvalue weighted by Gasteiger charge is -2.23. The van der Waals surface area contributed by atoms with Gasteiger partial charge in [0.1, 0.15) is 5.75 Å². The average molecular weight is 416 g/mol. The van der Waals surface area contributed by atoms with Gasteiger partial charge >= 0.3 is 0 Å². The highest BCUT2D eigenvalue weighted by Crippen LogP contribution is 2.34. The first-order valence-corrected chi connectivity index (χ1v) is 10.0. The Balaban J connectivity index is 1.60. The lowest BCUT2D eigenvalue weighted by atomic mass is 9.96. The van der Waals surface area contributed by atoms with Gasteiger partial charge in [-0.1, -0.05) is 11.6 Å². The molecule has 6 heteroatoms. The van der Waals surface area contributed by atoms with Gasteiger partial charge < -0.3 is 19.5 Å². The van der Waals surface area contributed by atoms with E-state index in [9.17, 15) is 4.79 Å². The second-order valence-electron chi connectivity index (χ2n) is 6.93. The molecule has 0 aromatic heterocycles. The van der Waals surface area contributed by atoms with E-state index in [2.05, 4.69) is 5.32 Å². The number of rotatable bonds is 8. The molecular weight excluding hydrogens is 390 g/mol. The van der Waals surface area contributed by atoms with Crippen LogP contribution in [0.4, 0.5) is 0 Å². The summed E-state index contributed by atoms with van der Waals surface area (Å²) in [5.41, 5.74) is 3.92. The van der Waals surface area contributed by atoms with E-state index in [0.29, 0.717) is 36.0 Å². The van der Waals surface area contributed by atoms with Crippen molar-refractivity contribution in [3.05, 3.63) is 58.1 Å². The Morgan fingerprint density at radius 3 is 2.66 bits per heavy atom. The SMILES string of the molecule is COc1cc2c(cc1OC)/C(=C/C(=O)CCCOc1ccc(Cl)c(C)c1)NCC2. The molecule has 0 atom stereocenters. The molecule has 1 heterocycles. The molecule has 1 N–H and O–H groups in total. The van der Waals surface area contributed by atoms with Crippen molar-refractivity contribution in [3.8, 4) is 17.2 Å². The molecule has 0 fully saturated rings. The third kappa shape index (κ3) is 5.24. The Kier molecular flexibility index (Phi) is 7.04. The fourth-order valence-electron chi connectivity index (χ4n) is 3.31. The maximum atomic E-state index is 12.5. The average Bonchev–Trinajstić information content (AvgIpc) is 2.73. The van der Waals surface area contributed by atoms with E-state index in [1.165, 1.54) is 0 Å². The number of benzene rings is 2. The summed E-state index contributed by atoms with van der Waals surface area (Å²) < 4.78 is 16.5. The van der Waals surface area contributed by atoms with Crippen molar-refractivity contribution >= 4 is 23.1 Å². The summed E-state index contributed by atoms with van der Waals surface area (Å²) in [7, 11) is 3.23. The molecule has 0 saturated heterocycles. The van der Waals surface area contributed by atoms with E-state index in [1.807, 2.05) is 37.3 Å². The maximum Gasteiger partial charge on any atom is 0.161 e. The minimum Gasteiger partial charge on any atom is -0.494 e. The Morgan fingerprint density at radius 1 is 1.17 bits per heavy atom. The van der Waals surface area contributed by atoms with Crippen LogP contribution in [0.3, 0.4) is 0 Å². The third-order valence-electron chi connectivity index (χ3n) is 4.88. The zero-order valence-corrected chi connectivity index (χ0v) is 17.8. The summed E-state index contributed by atoms with van der Waals surface area (Å²) >= 11 is 6.02. The summed E-state index contributed by atoms with van der Waals surface area (Å²) in [4.78, 5) is 12.5. The van der Waals surface area contributed by atoms with Crippen molar-refractivity contribution in [2.75, 3.05) is 27.4 Å². The summed E-state index contributed by atoms with van der Waals surface area (Å²) in [5, 5.41) is 4.04. The van der Waals surface area contributed by atoms with Crippen molar-refractivity contribution in [1.82, 2.24) is 5.32 Å². The monoisotopic (exact) mass is 415 g/mol. The number of allylic oxidation sites excluding steroid dienone is 1. The van der Waals surface area contributed by atoms with E-state index < -0.39 is 0 Å². The fraction of sp³-hybridized carbons (Fsp3) is 0.348. The number of methoxy groups -OCH3 is 2. The first-order chi connectivity index (χ1) is 14.0. The lowest BCUT2D eigenvalue weighted by molar-refractivity contribution is -0.114. The quantitative estimate of drug-likeness (QED) is 0.505. The number of hydrogen-bond donors (Lipinski definition) is 1. The molecule has 0 amide bonds. The van der Waals surface area contributed by atoms with E-state index in [4.69, 9.17) is 25.8 Å². The van der Waals surface area contributed by atoms with E-state index in [1.54, 1.807) is 20.3 Å². The van der Waals surface area contributed by atoms with Gasteiger partial charge in [-0.05, 0) is 61.2 Å². The summed E-state index contributed by atoms with van der Waals surface area (Å²) in [6.07, 6.45) is 3.61. The number of nitrogens with one attached hydrogen (secondary N) is 1. The van der Waals surface area contributed by atoms with Crippen molar-refractivity contribution in [2.24, 2.45) is 0 Å². The van der Waals surface area contributed by atoms with Gasteiger partial charge in [0.2, 0.25) is 0 Å². The smallest absolute Gasteiger partial charge is 0.161 e. The minimum atomic E-state index is 0.0611. The van der Waals surface area contributed by atoms with E-state index in [-0.39, 0.29) is 5.78 Å². The molecule has 0 bridgehead atoms. The Hall–Kier alpha value is -2.66. The molecule has 2 aromatic rings. The molecule has 0 aliphatic carbocycles. The van der Waals surface area contributed by atoms with E-state index in [0.717, 1.165) is 41.1 Å². The molecule has 0 radical (unpaired) electrons. The molecular formula is C23H26ClNO4. The van der Waals surface area contributed by atoms with Crippen LogP contribution >= 0.6 is 11.6 Å². The molecule has 0 saturated carbocycles. The zero-order valence-electron chi connectivity index (χ0n) is 17.0. The normalized spacial score (nSPS) is 14.1. The van der Waals surface area contributed by atoms with Crippen molar-refractivity contribution in [2.45, 2.75) is 26.2 Å². The fourth-order valence-corrected chi connectivity index (χ4v) is 3.43. The molecule has 154 valence electrons. The minimum absolute atomic E-state index is 0.0611. The number of hydrogen-bond acceptors (Lipinski definition) is 5. The van der Waals surface area contributed by atoms with Crippen LogP contribution in [0, 0.1) is 6.92 Å². The second kappa shape index (κ2) is 9.70. The Bertz CT molecular complexity index is 923. The van der Waals surface area contributed by atoms with Crippen molar-refractivity contribution in [1.29, 1.82) is 0 Å². The van der Waals surface area contributed by atoms with Crippen molar-refractivity contribution in [3.63, 3.8) is 0 Å². The van der Waals surface area contributed by atoms with Gasteiger partial charge in [-0.2, -0.15) is 0 Å².